The smallest absolute Gasteiger partial charge is 0.329 e. The van der Waals surface area contributed by atoms with Crippen molar-refractivity contribution in [2.24, 2.45) is 5.92 Å². The second-order valence-corrected chi connectivity index (χ2v) is 10.4. The van der Waals surface area contributed by atoms with Crippen LogP contribution in [0.2, 0.25) is 10.0 Å². The lowest BCUT2D eigenvalue weighted by atomic mass is 10.0. The molecule has 0 bridgehead atoms. The third-order valence-corrected chi connectivity index (χ3v) is 5.64. The van der Waals surface area contributed by atoms with E-state index in [1.165, 1.54) is 6.07 Å². The number of aromatic nitrogens is 2. The summed E-state index contributed by atoms with van der Waals surface area (Å²) in [5.41, 5.74) is 1.07. The number of nitrogens with zero attached hydrogens (tertiary/aromatic N) is 2. The Kier molecular flexibility index (Phi) is 7.48. The SMILES string of the molecule is CNC(=O)c1ccc2c(c1)nc(-c1cc(Cl)cc(Cl)c1O)n2C(CC(C)C)C(=O)OC(C)(C)C. The first-order chi connectivity index (χ1) is 15.8. The van der Waals surface area contributed by atoms with E-state index in [1.807, 2.05) is 34.6 Å². The molecule has 7 nitrogen and oxygen atoms in total. The van der Waals surface area contributed by atoms with Gasteiger partial charge in [0.05, 0.1) is 21.6 Å². The molecule has 182 valence electrons. The van der Waals surface area contributed by atoms with Crippen molar-refractivity contribution in [1.29, 1.82) is 0 Å². The molecule has 2 N–H and O–H groups in total. The predicted molar refractivity (Wildman–Crippen MR) is 135 cm³/mol. The summed E-state index contributed by atoms with van der Waals surface area (Å²) in [6, 6.07) is 7.26. The Labute approximate surface area is 209 Å². The van der Waals surface area contributed by atoms with E-state index in [4.69, 9.17) is 32.9 Å². The molecule has 0 saturated carbocycles. The van der Waals surface area contributed by atoms with E-state index >= 15 is 0 Å². The average molecular weight is 506 g/mol. The summed E-state index contributed by atoms with van der Waals surface area (Å²) in [5.74, 6) is -0.462. The Hall–Kier alpha value is -2.77. The molecule has 0 fully saturated rings. The summed E-state index contributed by atoms with van der Waals surface area (Å²) in [6.45, 7) is 9.44. The van der Waals surface area contributed by atoms with Gasteiger partial charge in [0.1, 0.15) is 23.2 Å². The third-order valence-electron chi connectivity index (χ3n) is 5.13. The van der Waals surface area contributed by atoms with Gasteiger partial charge in [-0.2, -0.15) is 0 Å². The first-order valence-corrected chi connectivity index (χ1v) is 11.7. The van der Waals surface area contributed by atoms with Gasteiger partial charge in [0, 0.05) is 17.6 Å². The number of nitrogens with one attached hydrogen (secondary N) is 1. The molecule has 2 aromatic carbocycles. The van der Waals surface area contributed by atoms with Crippen LogP contribution in [-0.4, -0.2) is 39.2 Å². The number of phenolic OH excluding ortho intramolecular Hbond substituents is 1. The number of imidazole rings is 1. The van der Waals surface area contributed by atoms with Crippen molar-refractivity contribution < 1.29 is 19.4 Å². The Balaban J connectivity index is 2.36. The zero-order valence-corrected chi connectivity index (χ0v) is 21.6. The average Bonchev–Trinajstić information content (AvgIpc) is 3.10. The summed E-state index contributed by atoms with van der Waals surface area (Å²) in [5, 5.41) is 13.7. The number of benzene rings is 2. The standard InChI is InChI=1S/C25H29Cl2N3O4/c1-13(2)9-20(24(33)34-25(3,4)5)30-19-8-7-14(23(32)28-6)10-18(19)29-22(30)16-11-15(26)12-17(27)21(16)31/h7-8,10-13,20,31H,9H2,1-6H3,(H,28,32). The van der Waals surface area contributed by atoms with Gasteiger partial charge < -0.3 is 19.7 Å². The molecular weight excluding hydrogens is 477 g/mol. The zero-order chi connectivity index (χ0) is 25.4. The molecule has 34 heavy (non-hydrogen) atoms. The number of esters is 1. The number of carbonyl (C=O) groups is 2. The monoisotopic (exact) mass is 505 g/mol. The topological polar surface area (TPSA) is 93.5 Å². The summed E-state index contributed by atoms with van der Waals surface area (Å²) in [4.78, 5) is 30.3. The molecule has 1 heterocycles. The third kappa shape index (κ3) is 5.47. The molecule has 1 unspecified atom stereocenters. The Morgan fingerprint density at radius 2 is 1.85 bits per heavy atom. The second kappa shape index (κ2) is 9.84. The van der Waals surface area contributed by atoms with Crippen LogP contribution in [0.15, 0.2) is 30.3 Å². The first kappa shape index (κ1) is 25.8. The van der Waals surface area contributed by atoms with Gasteiger partial charge in [-0.15, -0.1) is 0 Å². The number of amides is 1. The van der Waals surface area contributed by atoms with Gasteiger partial charge in [-0.3, -0.25) is 4.79 Å². The lowest BCUT2D eigenvalue weighted by molar-refractivity contribution is -0.159. The predicted octanol–water partition coefficient (Wildman–Crippen LogP) is 6.00. The van der Waals surface area contributed by atoms with Crippen molar-refractivity contribution in [3.05, 3.63) is 45.9 Å². The van der Waals surface area contributed by atoms with Crippen molar-refractivity contribution in [2.75, 3.05) is 7.05 Å². The minimum atomic E-state index is -0.748. The molecule has 0 spiro atoms. The van der Waals surface area contributed by atoms with Gasteiger partial charge >= 0.3 is 5.97 Å². The number of fused-ring (bicyclic) bond motifs is 1. The molecule has 1 atom stereocenters. The molecule has 9 heteroatoms. The highest BCUT2D eigenvalue weighted by Crippen LogP contribution is 2.41. The minimum absolute atomic E-state index is 0.0600. The number of rotatable bonds is 6. The van der Waals surface area contributed by atoms with Crippen molar-refractivity contribution in [3.8, 4) is 17.1 Å². The number of carbonyl (C=O) groups excluding carboxylic acids is 2. The van der Waals surface area contributed by atoms with E-state index < -0.39 is 17.6 Å². The van der Waals surface area contributed by atoms with E-state index in [-0.39, 0.29) is 28.2 Å². The number of hydrogen-bond acceptors (Lipinski definition) is 5. The van der Waals surface area contributed by atoms with E-state index in [1.54, 1.807) is 35.9 Å². The van der Waals surface area contributed by atoms with E-state index in [0.717, 1.165) is 0 Å². The summed E-state index contributed by atoms with van der Waals surface area (Å²) >= 11 is 12.4. The van der Waals surface area contributed by atoms with Crippen molar-refractivity contribution in [2.45, 2.75) is 52.7 Å². The van der Waals surface area contributed by atoms with E-state index in [9.17, 15) is 14.7 Å². The van der Waals surface area contributed by atoms with Crippen LogP contribution < -0.4 is 5.32 Å². The molecule has 1 aromatic heterocycles. The summed E-state index contributed by atoms with van der Waals surface area (Å²) in [7, 11) is 1.55. The number of phenols is 1. The number of hydrogen-bond donors (Lipinski definition) is 2. The maximum Gasteiger partial charge on any atom is 0.329 e. The molecule has 3 rings (SSSR count). The number of halogens is 2. The van der Waals surface area contributed by atoms with Crippen LogP contribution in [0.5, 0.6) is 5.75 Å². The van der Waals surface area contributed by atoms with E-state index in [2.05, 4.69) is 5.32 Å². The molecule has 3 aromatic rings. The summed E-state index contributed by atoms with van der Waals surface area (Å²) in [6.07, 6.45) is 0.458. The quantitative estimate of drug-likeness (QED) is 0.400. The normalized spacial score (nSPS) is 12.7. The van der Waals surface area contributed by atoms with Gasteiger partial charge in [0.2, 0.25) is 0 Å². The highest BCUT2D eigenvalue weighted by Gasteiger charge is 2.32. The summed E-state index contributed by atoms with van der Waals surface area (Å²) < 4.78 is 7.49. The van der Waals surface area contributed by atoms with Gasteiger partial charge in [0.15, 0.2) is 0 Å². The first-order valence-electron chi connectivity index (χ1n) is 11.0. The Morgan fingerprint density at radius 1 is 1.18 bits per heavy atom. The molecule has 0 aliphatic carbocycles. The minimum Gasteiger partial charge on any atom is -0.506 e. The molecule has 0 aliphatic rings. The van der Waals surface area contributed by atoms with Gasteiger partial charge in [-0.1, -0.05) is 37.0 Å². The molecule has 0 saturated heterocycles. The fraction of sp³-hybridized carbons (Fsp3) is 0.400. The molecule has 1 amide bonds. The van der Waals surface area contributed by atoms with Crippen molar-refractivity contribution in [1.82, 2.24) is 14.9 Å². The number of aromatic hydroxyl groups is 1. The fourth-order valence-corrected chi connectivity index (χ4v) is 4.24. The van der Waals surface area contributed by atoms with Crippen LogP contribution in [0.1, 0.15) is 57.4 Å². The highest BCUT2D eigenvalue weighted by molar-refractivity contribution is 6.36. The van der Waals surface area contributed by atoms with Crippen LogP contribution in [0, 0.1) is 5.92 Å². The second-order valence-electron chi connectivity index (χ2n) is 9.55. The largest absolute Gasteiger partial charge is 0.506 e. The zero-order valence-electron chi connectivity index (χ0n) is 20.1. The van der Waals surface area contributed by atoms with Crippen LogP contribution in [0.4, 0.5) is 0 Å². The maximum atomic E-state index is 13.4. The van der Waals surface area contributed by atoms with Crippen LogP contribution in [-0.2, 0) is 9.53 Å². The Morgan fingerprint density at radius 3 is 2.44 bits per heavy atom. The van der Waals surface area contributed by atoms with Crippen LogP contribution >= 0.6 is 23.2 Å². The van der Waals surface area contributed by atoms with Crippen LogP contribution in [0.3, 0.4) is 0 Å². The van der Waals surface area contributed by atoms with Crippen molar-refractivity contribution in [3.63, 3.8) is 0 Å². The number of ether oxygens (including phenoxy) is 1. The van der Waals surface area contributed by atoms with Crippen LogP contribution in [0.25, 0.3) is 22.4 Å². The molecule has 0 radical (unpaired) electrons. The lowest BCUT2D eigenvalue weighted by Crippen LogP contribution is -2.31. The molecule has 0 aliphatic heterocycles. The van der Waals surface area contributed by atoms with Gasteiger partial charge in [-0.05, 0) is 63.4 Å². The lowest BCUT2D eigenvalue weighted by Gasteiger charge is -2.27. The Bertz CT molecular complexity index is 1250. The van der Waals surface area contributed by atoms with Crippen molar-refractivity contribution >= 4 is 46.1 Å². The van der Waals surface area contributed by atoms with Gasteiger partial charge in [0.25, 0.3) is 5.91 Å². The van der Waals surface area contributed by atoms with E-state index in [0.29, 0.717) is 33.9 Å². The maximum absolute atomic E-state index is 13.4. The molecular formula is C25H29Cl2N3O4. The van der Waals surface area contributed by atoms with Gasteiger partial charge in [-0.25, -0.2) is 9.78 Å². The fourth-order valence-electron chi connectivity index (χ4n) is 3.75. The highest BCUT2D eigenvalue weighted by atomic mass is 35.5.